The van der Waals surface area contributed by atoms with Gasteiger partial charge in [0.15, 0.2) is 5.76 Å². The van der Waals surface area contributed by atoms with E-state index < -0.39 is 28.8 Å². The Balaban J connectivity index is 4.85. The molecule has 2 N–H and O–H groups in total. The van der Waals surface area contributed by atoms with Gasteiger partial charge in [-0.1, -0.05) is 6.08 Å². The summed E-state index contributed by atoms with van der Waals surface area (Å²) >= 11 is 0. The highest BCUT2D eigenvalue weighted by Crippen LogP contribution is 2.04. The zero-order chi connectivity index (χ0) is 10.4. The lowest BCUT2D eigenvalue weighted by Crippen LogP contribution is -2.10. The van der Waals surface area contributed by atoms with E-state index in [1.54, 1.807) is 6.92 Å². The van der Waals surface area contributed by atoms with Gasteiger partial charge in [-0.05, 0) is 13.0 Å². The smallest absolute Gasteiger partial charge is 0.339 e. The van der Waals surface area contributed by atoms with Gasteiger partial charge in [-0.2, -0.15) is 0 Å². The summed E-state index contributed by atoms with van der Waals surface area (Å²) in [6, 6.07) is 0. The van der Waals surface area contributed by atoms with Crippen LogP contribution >= 0.6 is 0 Å². The predicted molar refractivity (Wildman–Crippen MR) is 44.0 cm³/mol. The van der Waals surface area contributed by atoms with Crippen molar-refractivity contribution in [1.82, 2.24) is 0 Å². The van der Waals surface area contributed by atoms with Crippen molar-refractivity contribution >= 4 is 5.97 Å². The number of aliphatic hydroxyl groups is 1. The average molecular weight is 187 g/mol. The fourth-order valence-corrected chi connectivity index (χ4v) is 0.665. The van der Waals surface area contributed by atoms with Gasteiger partial charge >= 0.3 is 5.97 Å². The number of hydrogen-bond acceptors (Lipinski definition) is 4. The number of nitro groups is 1. The van der Waals surface area contributed by atoms with Gasteiger partial charge < -0.3 is 10.2 Å². The Labute approximate surface area is 74.0 Å². The van der Waals surface area contributed by atoms with Crippen molar-refractivity contribution in [3.05, 3.63) is 33.6 Å². The van der Waals surface area contributed by atoms with Crippen LogP contribution in [0.25, 0.3) is 0 Å². The van der Waals surface area contributed by atoms with Gasteiger partial charge in [0, 0.05) is 4.92 Å². The number of hydrogen-bond donors (Lipinski definition) is 2. The van der Waals surface area contributed by atoms with Crippen molar-refractivity contribution in [2.75, 3.05) is 6.54 Å². The van der Waals surface area contributed by atoms with E-state index in [1.807, 2.05) is 0 Å². The van der Waals surface area contributed by atoms with Crippen LogP contribution in [-0.4, -0.2) is 27.7 Å². The molecular formula is C7H9NO5. The Morgan fingerprint density at radius 3 is 2.38 bits per heavy atom. The molecule has 0 heterocycles. The molecule has 0 aromatic carbocycles. The van der Waals surface area contributed by atoms with Crippen LogP contribution < -0.4 is 0 Å². The Bertz CT molecular complexity index is 279. The Hall–Kier alpha value is -1.85. The van der Waals surface area contributed by atoms with E-state index in [-0.39, 0.29) is 0 Å². The number of nitrogens with zero attached hydrogens (tertiary/aromatic N) is 1. The molecule has 0 amide bonds. The van der Waals surface area contributed by atoms with E-state index in [4.69, 9.17) is 10.2 Å². The van der Waals surface area contributed by atoms with E-state index >= 15 is 0 Å². The van der Waals surface area contributed by atoms with E-state index in [0.29, 0.717) is 0 Å². The summed E-state index contributed by atoms with van der Waals surface area (Å²) in [5.74, 6) is -2.15. The zero-order valence-electron chi connectivity index (χ0n) is 6.93. The van der Waals surface area contributed by atoms with Crippen LogP contribution in [0.2, 0.25) is 0 Å². The minimum Gasteiger partial charge on any atom is -0.505 e. The van der Waals surface area contributed by atoms with E-state index in [1.165, 1.54) is 6.08 Å². The largest absolute Gasteiger partial charge is 0.505 e. The van der Waals surface area contributed by atoms with E-state index in [2.05, 4.69) is 0 Å². The molecule has 0 saturated heterocycles. The monoisotopic (exact) mass is 187 g/mol. The number of aliphatic hydroxyl groups excluding tert-OH is 1. The van der Waals surface area contributed by atoms with Crippen molar-refractivity contribution in [3.8, 4) is 0 Å². The van der Waals surface area contributed by atoms with Crippen molar-refractivity contribution in [1.29, 1.82) is 0 Å². The third kappa shape index (κ3) is 3.90. The first-order valence-electron chi connectivity index (χ1n) is 3.39. The molecule has 0 aliphatic rings. The number of rotatable bonds is 4. The molecule has 6 nitrogen and oxygen atoms in total. The third-order valence-electron chi connectivity index (χ3n) is 1.15. The SMILES string of the molecule is C/C=C\C(C(=O)O)=C(\O)C[N+](=O)[O-]. The molecule has 0 spiro atoms. The molecule has 6 heteroatoms. The number of allylic oxidation sites excluding steroid dienone is 1. The molecule has 72 valence electrons. The van der Waals surface area contributed by atoms with Gasteiger partial charge in [-0.3, -0.25) is 10.1 Å². The van der Waals surface area contributed by atoms with Gasteiger partial charge in [0.1, 0.15) is 5.57 Å². The zero-order valence-corrected chi connectivity index (χ0v) is 6.93. The van der Waals surface area contributed by atoms with Gasteiger partial charge in [0.2, 0.25) is 0 Å². The number of carboxylic acid groups (broad SMARTS) is 1. The second-order valence-electron chi connectivity index (χ2n) is 2.16. The molecule has 0 radical (unpaired) electrons. The average Bonchev–Trinajstić information content (AvgIpc) is 1.97. The first-order chi connectivity index (χ1) is 5.99. The molecule has 0 atom stereocenters. The summed E-state index contributed by atoms with van der Waals surface area (Å²) < 4.78 is 0. The van der Waals surface area contributed by atoms with Crippen molar-refractivity contribution in [2.45, 2.75) is 6.92 Å². The predicted octanol–water partition coefficient (Wildman–Crippen LogP) is 0.736. The Kier molecular flexibility index (Phi) is 4.21. The van der Waals surface area contributed by atoms with Gasteiger partial charge in [-0.15, -0.1) is 0 Å². The first kappa shape index (κ1) is 11.2. The summed E-state index contributed by atoms with van der Waals surface area (Å²) in [6.45, 7) is 0.661. The molecule has 0 aromatic rings. The minimum absolute atomic E-state index is 0.459. The fourth-order valence-electron chi connectivity index (χ4n) is 0.665. The molecule has 0 rings (SSSR count). The van der Waals surface area contributed by atoms with Crippen LogP contribution in [0.1, 0.15) is 6.92 Å². The van der Waals surface area contributed by atoms with Crippen LogP contribution in [0.5, 0.6) is 0 Å². The van der Waals surface area contributed by atoms with Crippen molar-refractivity contribution in [3.63, 3.8) is 0 Å². The van der Waals surface area contributed by atoms with Gasteiger partial charge in [-0.25, -0.2) is 4.79 Å². The minimum atomic E-state index is -1.39. The molecule has 0 fully saturated rings. The Morgan fingerprint density at radius 1 is 1.54 bits per heavy atom. The summed E-state index contributed by atoms with van der Waals surface area (Å²) in [5.41, 5.74) is -0.459. The lowest BCUT2D eigenvalue weighted by molar-refractivity contribution is -0.474. The number of carboxylic acids is 1. The molecule has 13 heavy (non-hydrogen) atoms. The number of aliphatic carboxylic acids is 1. The standard InChI is InChI=1S/C7H9NO5/c1-2-3-5(7(10)11)6(9)4-8(12)13/h2-3,9H,4H2,1H3,(H,10,11)/b3-2-,6-5-. The maximum absolute atomic E-state index is 10.4. The summed E-state index contributed by atoms with van der Waals surface area (Å²) in [6.07, 6.45) is 2.47. The third-order valence-corrected chi connectivity index (χ3v) is 1.15. The highest BCUT2D eigenvalue weighted by Gasteiger charge is 2.14. The van der Waals surface area contributed by atoms with Crippen LogP contribution in [0, 0.1) is 10.1 Å². The van der Waals surface area contributed by atoms with Gasteiger partial charge in [0.25, 0.3) is 6.54 Å². The highest BCUT2D eigenvalue weighted by atomic mass is 16.6. The van der Waals surface area contributed by atoms with Crippen LogP contribution in [0.15, 0.2) is 23.5 Å². The first-order valence-corrected chi connectivity index (χ1v) is 3.39. The quantitative estimate of drug-likeness (QED) is 0.222. The highest BCUT2D eigenvalue weighted by molar-refractivity contribution is 5.90. The second kappa shape index (κ2) is 4.91. The second-order valence-corrected chi connectivity index (χ2v) is 2.16. The van der Waals surface area contributed by atoms with Crippen LogP contribution in [-0.2, 0) is 4.79 Å². The van der Waals surface area contributed by atoms with E-state index in [0.717, 1.165) is 6.08 Å². The summed E-state index contributed by atoms with van der Waals surface area (Å²) in [7, 11) is 0. The maximum atomic E-state index is 10.4. The molecule has 0 aliphatic heterocycles. The van der Waals surface area contributed by atoms with Crippen molar-refractivity contribution < 1.29 is 19.9 Å². The molecule has 0 aromatic heterocycles. The van der Waals surface area contributed by atoms with Gasteiger partial charge in [0.05, 0.1) is 0 Å². The normalized spacial score (nSPS) is 12.7. The van der Waals surface area contributed by atoms with E-state index in [9.17, 15) is 14.9 Å². The Morgan fingerprint density at radius 2 is 2.08 bits per heavy atom. The van der Waals surface area contributed by atoms with Crippen LogP contribution in [0.4, 0.5) is 0 Å². The number of carbonyl (C=O) groups is 1. The lowest BCUT2D eigenvalue weighted by Gasteiger charge is -1.97. The molecule has 0 aliphatic carbocycles. The van der Waals surface area contributed by atoms with Crippen LogP contribution in [0.3, 0.4) is 0 Å². The molecule has 0 saturated carbocycles. The van der Waals surface area contributed by atoms with Crippen molar-refractivity contribution in [2.24, 2.45) is 0 Å². The maximum Gasteiger partial charge on any atom is 0.339 e. The fraction of sp³-hybridized carbons (Fsp3) is 0.286. The molecular weight excluding hydrogens is 178 g/mol. The summed E-state index contributed by atoms with van der Waals surface area (Å²) in [4.78, 5) is 19.6. The lowest BCUT2D eigenvalue weighted by atomic mass is 10.2. The molecule has 0 bridgehead atoms. The molecule has 0 unspecified atom stereocenters. The topological polar surface area (TPSA) is 101 Å². The summed E-state index contributed by atoms with van der Waals surface area (Å²) in [5, 5.41) is 27.4.